The Bertz CT molecular complexity index is 1560. The summed E-state index contributed by atoms with van der Waals surface area (Å²) in [6, 6.07) is 9.90. The van der Waals surface area contributed by atoms with Crippen LogP contribution in [0.15, 0.2) is 50.5 Å². The SMILES string of the molecule is COc1ccc2nc(NC(=O)C3CCN(S(=O)(=O)c4ccc5c(c4)oc(=O)n5C)CC3)sc2c1. The van der Waals surface area contributed by atoms with Gasteiger partial charge in [-0.25, -0.2) is 18.2 Å². The molecule has 0 bridgehead atoms. The lowest BCUT2D eigenvalue weighted by molar-refractivity contribution is -0.120. The zero-order chi connectivity index (χ0) is 24.0. The van der Waals surface area contributed by atoms with Crippen molar-refractivity contribution in [2.24, 2.45) is 13.0 Å². The Morgan fingerprint density at radius 2 is 1.97 bits per heavy atom. The van der Waals surface area contributed by atoms with E-state index in [2.05, 4.69) is 10.3 Å². The number of piperidine rings is 1. The molecule has 0 atom stereocenters. The predicted molar refractivity (Wildman–Crippen MR) is 128 cm³/mol. The number of methoxy groups -OCH3 is 1. The molecule has 0 unspecified atom stereocenters. The Kier molecular flexibility index (Phi) is 5.66. The number of rotatable bonds is 5. The molecule has 12 heteroatoms. The highest BCUT2D eigenvalue weighted by Crippen LogP contribution is 2.31. The molecule has 1 fully saturated rings. The Morgan fingerprint density at radius 3 is 2.71 bits per heavy atom. The number of hydrogen-bond donors (Lipinski definition) is 1. The predicted octanol–water partition coefficient (Wildman–Crippen LogP) is 2.79. The van der Waals surface area contributed by atoms with Gasteiger partial charge in [0.25, 0.3) is 0 Å². The molecule has 0 spiro atoms. The number of sulfonamides is 1. The summed E-state index contributed by atoms with van der Waals surface area (Å²) in [5, 5.41) is 3.37. The summed E-state index contributed by atoms with van der Waals surface area (Å²) in [7, 11) is -0.630. The number of fused-ring (bicyclic) bond motifs is 2. The van der Waals surface area contributed by atoms with Gasteiger partial charge < -0.3 is 14.5 Å². The van der Waals surface area contributed by atoms with E-state index in [4.69, 9.17) is 9.15 Å². The number of aromatic nitrogens is 2. The molecule has 0 aliphatic carbocycles. The first-order chi connectivity index (χ1) is 16.3. The van der Waals surface area contributed by atoms with E-state index in [1.165, 1.54) is 32.3 Å². The highest BCUT2D eigenvalue weighted by molar-refractivity contribution is 7.89. The number of nitrogens with zero attached hydrogens (tertiary/aromatic N) is 3. The number of oxazole rings is 1. The first-order valence-corrected chi connectivity index (χ1v) is 12.9. The van der Waals surface area contributed by atoms with E-state index < -0.39 is 15.8 Å². The van der Waals surface area contributed by atoms with Gasteiger partial charge in [-0.1, -0.05) is 11.3 Å². The first kappa shape index (κ1) is 22.6. The van der Waals surface area contributed by atoms with Crippen LogP contribution < -0.4 is 15.8 Å². The molecule has 0 saturated carbocycles. The molecular weight excluding hydrogens is 480 g/mol. The quantitative estimate of drug-likeness (QED) is 0.445. The molecule has 4 aromatic rings. The monoisotopic (exact) mass is 502 g/mol. The van der Waals surface area contributed by atoms with Crippen molar-refractivity contribution in [3.05, 3.63) is 46.9 Å². The summed E-state index contributed by atoms with van der Waals surface area (Å²) in [4.78, 5) is 29.0. The van der Waals surface area contributed by atoms with Gasteiger partial charge in [0.1, 0.15) is 5.75 Å². The van der Waals surface area contributed by atoms with E-state index in [0.717, 1.165) is 16.0 Å². The minimum atomic E-state index is -3.78. The maximum absolute atomic E-state index is 13.1. The first-order valence-electron chi connectivity index (χ1n) is 10.6. The number of carbonyl (C=O) groups is 1. The van der Waals surface area contributed by atoms with Gasteiger partial charge in [0.2, 0.25) is 15.9 Å². The Morgan fingerprint density at radius 1 is 1.21 bits per heavy atom. The zero-order valence-corrected chi connectivity index (χ0v) is 20.1. The van der Waals surface area contributed by atoms with Crippen LogP contribution in [0.3, 0.4) is 0 Å². The van der Waals surface area contributed by atoms with Gasteiger partial charge in [0.15, 0.2) is 10.7 Å². The second-order valence-electron chi connectivity index (χ2n) is 8.08. The van der Waals surface area contributed by atoms with Crippen LogP contribution in [0.25, 0.3) is 21.3 Å². The highest BCUT2D eigenvalue weighted by atomic mass is 32.2. The average molecular weight is 503 g/mol. The number of hydrogen-bond acceptors (Lipinski definition) is 8. The number of benzene rings is 2. The molecule has 2 aromatic heterocycles. The third-order valence-corrected chi connectivity index (χ3v) is 8.88. The standard InChI is InChI=1S/C22H22N4O6S2/c1-25-17-6-4-15(12-18(17)32-22(25)28)34(29,30)26-9-7-13(8-10-26)20(27)24-21-23-16-5-3-14(31-2)11-19(16)33-21/h3-6,11-13H,7-10H2,1-2H3,(H,23,24,27). The Labute approximate surface area is 198 Å². The minimum Gasteiger partial charge on any atom is -0.497 e. The van der Waals surface area contributed by atoms with Crippen molar-refractivity contribution in [2.75, 3.05) is 25.5 Å². The Hall–Kier alpha value is -3.22. The van der Waals surface area contributed by atoms with E-state index in [9.17, 15) is 18.0 Å². The van der Waals surface area contributed by atoms with Crippen molar-refractivity contribution >= 4 is 53.7 Å². The van der Waals surface area contributed by atoms with Gasteiger partial charge in [-0.05, 0) is 43.2 Å². The number of aryl methyl sites for hydroxylation is 1. The smallest absolute Gasteiger partial charge is 0.419 e. The zero-order valence-electron chi connectivity index (χ0n) is 18.5. The fraction of sp³-hybridized carbons (Fsp3) is 0.318. The molecule has 1 saturated heterocycles. The summed E-state index contributed by atoms with van der Waals surface area (Å²) in [6.07, 6.45) is 0.791. The fourth-order valence-corrected chi connectivity index (χ4v) is 6.46. The van der Waals surface area contributed by atoms with Crippen LogP contribution in [-0.4, -0.2) is 48.4 Å². The van der Waals surface area contributed by atoms with Crippen LogP contribution in [0, 0.1) is 5.92 Å². The number of anilines is 1. The molecule has 1 N–H and O–H groups in total. The van der Waals surface area contributed by atoms with Gasteiger partial charge in [0.05, 0.1) is 27.7 Å². The maximum Gasteiger partial charge on any atom is 0.419 e. The number of amides is 1. The molecule has 3 heterocycles. The Balaban J connectivity index is 1.25. The molecule has 1 aliphatic heterocycles. The highest BCUT2D eigenvalue weighted by Gasteiger charge is 2.32. The van der Waals surface area contributed by atoms with Crippen LogP contribution >= 0.6 is 11.3 Å². The number of thiazole rings is 1. The maximum atomic E-state index is 13.1. The summed E-state index contributed by atoms with van der Waals surface area (Å²) in [5.41, 5.74) is 1.51. The molecule has 10 nitrogen and oxygen atoms in total. The summed E-state index contributed by atoms with van der Waals surface area (Å²) in [5.74, 6) is -0.321. The molecule has 5 rings (SSSR count). The van der Waals surface area contributed by atoms with Crippen molar-refractivity contribution in [3.63, 3.8) is 0 Å². The summed E-state index contributed by atoms with van der Waals surface area (Å²) >= 11 is 1.36. The summed E-state index contributed by atoms with van der Waals surface area (Å²) in [6.45, 7) is 0.433. The van der Waals surface area contributed by atoms with Crippen LogP contribution in [0.1, 0.15) is 12.8 Å². The van der Waals surface area contributed by atoms with E-state index in [1.54, 1.807) is 20.2 Å². The fourth-order valence-electron chi connectivity index (χ4n) is 4.07. The van der Waals surface area contributed by atoms with Crippen molar-refractivity contribution in [1.82, 2.24) is 13.9 Å². The van der Waals surface area contributed by atoms with E-state index >= 15 is 0 Å². The molecule has 2 aromatic carbocycles. The van der Waals surface area contributed by atoms with Crippen LogP contribution in [0.5, 0.6) is 5.75 Å². The molecule has 178 valence electrons. The second-order valence-corrected chi connectivity index (χ2v) is 11.0. The summed E-state index contributed by atoms with van der Waals surface area (Å²) < 4.78 is 40.2. The number of nitrogens with one attached hydrogen (secondary N) is 1. The molecule has 34 heavy (non-hydrogen) atoms. The lowest BCUT2D eigenvalue weighted by atomic mass is 9.97. The van der Waals surface area contributed by atoms with Crippen LogP contribution in [-0.2, 0) is 21.9 Å². The third kappa shape index (κ3) is 3.97. The number of ether oxygens (including phenoxy) is 1. The second kappa shape index (κ2) is 8.53. The average Bonchev–Trinajstić information content (AvgIpc) is 3.37. The van der Waals surface area contributed by atoms with E-state index in [0.29, 0.717) is 23.5 Å². The van der Waals surface area contributed by atoms with Gasteiger partial charge in [-0.15, -0.1) is 0 Å². The van der Waals surface area contributed by atoms with E-state index in [-0.39, 0.29) is 35.4 Å². The molecule has 0 radical (unpaired) electrons. The molecule has 1 aliphatic rings. The van der Waals surface area contributed by atoms with E-state index in [1.807, 2.05) is 18.2 Å². The normalized spacial score (nSPS) is 15.7. The van der Waals surface area contributed by atoms with Gasteiger partial charge >= 0.3 is 5.76 Å². The lowest BCUT2D eigenvalue weighted by Gasteiger charge is -2.30. The third-order valence-electron chi connectivity index (χ3n) is 6.05. The van der Waals surface area contributed by atoms with Gasteiger partial charge in [-0.3, -0.25) is 9.36 Å². The van der Waals surface area contributed by atoms with Crippen molar-refractivity contribution in [2.45, 2.75) is 17.7 Å². The lowest BCUT2D eigenvalue weighted by Crippen LogP contribution is -2.41. The van der Waals surface area contributed by atoms with Gasteiger partial charge in [0, 0.05) is 32.1 Å². The molecular formula is C22H22N4O6S2. The van der Waals surface area contributed by atoms with Crippen LogP contribution in [0.2, 0.25) is 0 Å². The van der Waals surface area contributed by atoms with Gasteiger partial charge in [-0.2, -0.15) is 4.31 Å². The van der Waals surface area contributed by atoms with Crippen molar-refractivity contribution < 1.29 is 22.4 Å². The van der Waals surface area contributed by atoms with Crippen LogP contribution in [0.4, 0.5) is 5.13 Å². The topological polar surface area (TPSA) is 124 Å². The number of carbonyl (C=O) groups excluding carboxylic acids is 1. The minimum absolute atomic E-state index is 0.0576. The molecule has 1 amide bonds. The van der Waals surface area contributed by atoms with Crippen molar-refractivity contribution in [3.8, 4) is 5.75 Å². The van der Waals surface area contributed by atoms with Crippen molar-refractivity contribution in [1.29, 1.82) is 0 Å². The largest absolute Gasteiger partial charge is 0.497 e.